The lowest BCUT2D eigenvalue weighted by molar-refractivity contribution is -0.126. The third-order valence-electron chi connectivity index (χ3n) is 3.70. The van der Waals surface area contributed by atoms with Crippen LogP contribution in [0.25, 0.3) is 0 Å². The first-order valence-corrected chi connectivity index (χ1v) is 8.66. The van der Waals surface area contributed by atoms with Crippen LogP contribution in [-0.4, -0.2) is 36.0 Å². The van der Waals surface area contributed by atoms with Gasteiger partial charge in [-0.15, -0.1) is 0 Å². The summed E-state index contributed by atoms with van der Waals surface area (Å²) in [5, 5.41) is 6.89. The van der Waals surface area contributed by atoms with Crippen LogP contribution in [0.2, 0.25) is 0 Å². The molecule has 1 aromatic rings. The van der Waals surface area contributed by atoms with Gasteiger partial charge in [0.25, 0.3) is 6.47 Å². The Labute approximate surface area is 146 Å². The summed E-state index contributed by atoms with van der Waals surface area (Å²) in [4.78, 5) is 22.7. The third-order valence-corrected chi connectivity index (χ3v) is 3.70. The average molecular weight is 333 g/mol. The number of likely N-dealkylation sites (N-methyl/N-ethyl adjacent to an activating group) is 1. The Morgan fingerprint density at radius 2 is 1.79 bits per heavy atom. The van der Waals surface area contributed by atoms with Crippen LogP contribution in [-0.2, 0) is 16.0 Å². The molecule has 4 nitrogen and oxygen atoms in total. The largest absolute Gasteiger partial charge is 0.483 e. The van der Waals surface area contributed by atoms with Gasteiger partial charge in [0.05, 0.1) is 0 Å². The smallest absolute Gasteiger partial charge is 0.290 e. The standard InChI is InChI=1S/C19H29NO.CH2O2/c1-4-6-8-14-18(11-5-2)19(21)20(3)16-15-17-12-9-7-10-13-17;2-1-3/h7,9-13H,4-6,8,14-16H2,1-3H3;1H,(H,2,3). The quantitative estimate of drug-likeness (QED) is 0.416. The minimum absolute atomic E-state index is 0.198. The zero-order valence-electron chi connectivity index (χ0n) is 15.2. The molecule has 0 aliphatic heterocycles. The number of hydrogen-bond acceptors (Lipinski definition) is 2. The predicted octanol–water partition coefficient (Wildman–Crippen LogP) is 4.31. The van der Waals surface area contributed by atoms with Crippen molar-refractivity contribution in [2.24, 2.45) is 0 Å². The minimum atomic E-state index is -0.250. The van der Waals surface area contributed by atoms with Crippen LogP contribution < -0.4 is 0 Å². The molecular weight excluding hydrogens is 302 g/mol. The Bertz CT molecular complexity index is 483. The molecule has 0 atom stereocenters. The second kappa shape index (κ2) is 14.5. The zero-order valence-corrected chi connectivity index (χ0v) is 15.2. The van der Waals surface area contributed by atoms with Crippen molar-refractivity contribution < 1.29 is 14.7 Å². The molecule has 24 heavy (non-hydrogen) atoms. The predicted molar refractivity (Wildman–Crippen MR) is 99.0 cm³/mol. The second-order valence-electron chi connectivity index (χ2n) is 5.66. The van der Waals surface area contributed by atoms with E-state index >= 15 is 0 Å². The number of unbranched alkanes of at least 4 members (excludes halogenated alkanes) is 2. The third kappa shape index (κ3) is 9.82. The number of allylic oxidation sites excluding steroid dienone is 1. The van der Waals surface area contributed by atoms with Crippen molar-refractivity contribution in [1.29, 1.82) is 0 Å². The molecule has 0 heterocycles. The van der Waals surface area contributed by atoms with Crippen molar-refractivity contribution in [3.05, 3.63) is 47.5 Å². The first kappa shape index (κ1) is 21.9. The van der Waals surface area contributed by atoms with E-state index in [-0.39, 0.29) is 12.4 Å². The Balaban J connectivity index is 0.00000163. The Morgan fingerprint density at radius 3 is 2.33 bits per heavy atom. The van der Waals surface area contributed by atoms with Gasteiger partial charge in [-0.05, 0) is 31.2 Å². The highest BCUT2D eigenvalue weighted by Crippen LogP contribution is 2.13. The van der Waals surface area contributed by atoms with E-state index in [9.17, 15) is 4.79 Å². The number of benzene rings is 1. The number of hydrogen-bond donors (Lipinski definition) is 1. The minimum Gasteiger partial charge on any atom is -0.483 e. The van der Waals surface area contributed by atoms with Crippen molar-refractivity contribution in [1.82, 2.24) is 4.90 Å². The fraction of sp³-hybridized carbons (Fsp3) is 0.500. The molecule has 0 aliphatic rings. The molecule has 0 saturated carbocycles. The molecule has 0 fully saturated rings. The summed E-state index contributed by atoms with van der Waals surface area (Å²) >= 11 is 0. The zero-order chi connectivity index (χ0) is 18.2. The van der Waals surface area contributed by atoms with E-state index in [4.69, 9.17) is 9.90 Å². The van der Waals surface area contributed by atoms with Crippen LogP contribution in [0.3, 0.4) is 0 Å². The summed E-state index contributed by atoms with van der Waals surface area (Å²) in [5.74, 6) is 0.198. The van der Waals surface area contributed by atoms with E-state index < -0.39 is 0 Å². The maximum absolute atomic E-state index is 12.5. The van der Waals surface area contributed by atoms with Gasteiger partial charge in [0.1, 0.15) is 0 Å². The van der Waals surface area contributed by atoms with Gasteiger partial charge in [0, 0.05) is 19.2 Å². The van der Waals surface area contributed by atoms with Crippen LogP contribution in [0.4, 0.5) is 0 Å². The molecule has 0 aliphatic carbocycles. The molecule has 0 spiro atoms. The van der Waals surface area contributed by atoms with Crippen LogP contribution >= 0.6 is 0 Å². The Kier molecular flexibility index (Phi) is 13.2. The van der Waals surface area contributed by atoms with Crippen molar-refractivity contribution in [3.8, 4) is 0 Å². The second-order valence-corrected chi connectivity index (χ2v) is 5.66. The molecule has 1 rings (SSSR count). The molecule has 0 radical (unpaired) electrons. The monoisotopic (exact) mass is 333 g/mol. The van der Waals surface area contributed by atoms with E-state index in [1.807, 2.05) is 30.1 Å². The molecule has 0 saturated heterocycles. The first-order valence-electron chi connectivity index (χ1n) is 8.66. The number of carboxylic acid groups (broad SMARTS) is 1. The molecule has 0 aromatic heterocycles. The number of carbonyl (C=O) groups is 2. The number of rotatable bonds is 9. The van der Waals surface area contributed by atoms with Gasteiger partial charge in [0.15, 0.2) is 0 Å². The van der Waals surface area contributed by atoms with Crippen molar-refractivity contribution >= 4 is 12.4 Å². The Morgan fingerprint density at radius 1 is 1.17 bits per heavy atom. The van der Waals surface area contributed by atoms with E-state index in [1.165, 1.54) is 18.4 Å². The normalized spacial score (nSPS) is 10.5. The van der Waals surface area contributed by atoms with Crippen molar-refractivity contribution in [3.63, 3.8) is 0 Å². The molecular formula is C20H31NO3. The number of amides is 1. The molecule has 0 unspecified atom stereocenters. The lowest BCUT2D eigenvalue weighted by Gasteiger charge is -2.19. The molecule has 1 amide bonds. The Hall–Kier alpha value is -2.10. The molecule has 4 heteroatoms. The molecule has 1 N–H and O–H groups in total. The number of carbonyl (C=O) groups excluding carboxylic acids is 1. The van der Waals surface area contributed by atoms with Gasteiger partial charge in [-0.25, -0.2) is 0 Å². The summed E-state index contributed by atoms with van der Waals surface area (Å²) in [7, 11) is 1.91. The molecule has 134 valence electrons. The van der Waals surface area contributed by atoms with E-state index in [0.717, 1.165) is 37.8 Å². The summed E-state index contributed by atoms with van der Waals surface area (Å²) in [6.45, 7) is 4.81. The highest BCUT2D eigenvalue weighted by molar-refractivity contribution is 5.93. The van der Waals surface area contributed by atoms with E-state index in [1.54, 1.807) is 0 Å². The summed E-state index contributed by atoms with van der Waals surface area (Å²) in [6.07, 6.45) is 8.35. The highest BCUT2D eigenvalue weighted by Gasteiger charge is 2.13. The first-order chi connectivity index (χ1) is 11.6. The van der Waals surface area contributed by atoms with Crippen LogP contribution in [0, 0.1) is 0 Å². The van der Waals surface area contributed by atoms with Gasteiger partial charge in [-0.2, -0.15) is 0 Å². The lowest BCUT2D eigenvalue weighted by Crippen LogP contribution is -2.30. The molecule has 0 bridgehead atoms. The highest BCUT2D eigenvalue weighted by atomic mass is 16.3. The number of nitrogens with zero attached hydrogens (tertiary/aromatic N) is 1. The lowest BCUT2D eigenvalue weighted by atomic mass is 10.0. The van der Waals surface area contributed by atoms with Gasteiger partial charge in [-0.3, -0.25) is 9.59 Å². The maximum Gasteiger partial charge on any atom is 0.290 e. The fourth-order valence-corrected chi connectivity index (χ4v) is 2.40. The van der Waals surface area contributed by atoms with Crippen molar-refractivity contribution in [2.75, 3.05) is 13.6 Å². The van der Waals surface area contributed by atoms with Crippen molar-refractivity contribution in [2.45, 2.75) is 52.4 Å². The van der Waals surface area contributed by atoms with Crippen LogP contribution in [0.1, 0.15) is 51.5 Å². The van der Waals surface area contributed by atoms with Gasteiger partial charge in [0.2, 0.25) is 5.91 Å². The van der Waals surface area contributed by atoms with E-state index in [2.05, 4.69) is 32.1 Å². The summed E-state index contributed by atoms with van der Waals surface area (Å²) in [5.41, 5.74) is 2.27. The van der Waals surface area contributed by atoms with E-state index in [0.29, 0.717) is 0 Å². The average Bonchev–Trinajstić information content (AvgIpc) is 2.60. The van der Waals surface area contributed by atoms with Crippen LogP contribution in [0.5, 0.6) is 0 Å². The fourth-order valence-electron chi connectivity index (χ4n) is 2.40. The van der Waals surface area contributed by atoms with Gasteiger partial charge < -0.3 is 10.0 Å². The molecule has 1 aromatic carbocycles. The topological polar surface area (TPSA) is 57.6 Å². The maximum atomic E-state index is 12.5. The SMILES string of the molecule is CCC=C(CCCCC)C(=O)N(C)CCc1ccccc1.O=CO. The van der Waals surface area contributed by atoms with Crippen LogP contribution in [0.15, 0.2) is 42.0 Å². The summed E-state index contributed by atoms with van der Waals surface area (Å²) in [6, 6.07) is 10.3. The van der Waals surface area contributed by atoms with Gasteiger partial charge in [-0.1, -0.05) is 63.1 Å². The summed E-state index contributed by atoms with van der Waals surface area (Å²) < 4.78 is 0. The van der Waals surface area contributed by atoms with Gasteiger partial charge >= 0.3 is 0 Å².